The Morgan fingerprint density at radius 1 is 1.06 bits per heavy atom. The Morgan fingerprint density at radius 3 is 2.56 bits per heavy atom. The van der Waals surface area contributed by atoms with E-state index in [-0.39, 0.29) is 5.82 Å². The first kappa shape index (κ1) is 11.0. The summed E-state index contributed by atoms with van der Waals surface area (Å²) in [5.41, 5.74) is 3.56. The van der Waals surface area contributed by atoms with E-state index in [2.05, 4.69) is 5.32 Å². The van der Waals surface area contributed by atoms with Crippen LogP contribution in [0.15, 0.2) is 48.5 Å². The van der Waals surface area contributed by atoms with Crippen molar-refractivity contribution < 1.29 is 9.50 Å². The van der Waals surface area contributed by atoms with E-state index in [9.17, 15) is 9.50 Å². The van der Waals surface area contributed by atoms with E-state index in [1.165, 1.54) is 12.1 Å². The maximum Gasteiger partial charge on any atom is 0.151 e. The largest absolute Gasteiger partial charge is 0.369 e. The molecule has 0 aliphatic carbocycles. The predicted octanol–water partition coefficient (Wildman–Crippen LogP) is 3.11. The summed E-state index contributed by atoms with van der Waals surface area (Å²) in [5, 5.41) is 13.0. The summed E-state index contributed by atoms with van der Waals surface area (Å²) >= 11 is 0. The standard InChI is InChI=1S/C15H12FNO/c16-11-7-5-10(6-8-11)9-13-12-3-1-2-4-14(12)17-15(13)18/h1-9,15,17-18H/b13-9-. The van der Waals surface area contributed by atoms with Crippen molar-refractivity contribution in [2.75, 3.05) is 5.32 Å². The SMILES string of the molecule is OC1Nc2ccccc2/C1=C/c1ccc(F)cc1. The molecule has 0 radical (unpaired) electrons. The smallest absolute Gasteiger partial charge is 0.151 e. The minimum Gasteiger partial charge on any atom is -0.369 e. The summed E-state index contributed by atoms with van der Waals surface area (Å²) < 4.78 is 12.8. The zero-order valence-corrected chi connectivity index (χ0v) is 9.60. The molecule has 3 heteroatoms. The molecule has 0 fully saturated rings. The van der Waals surface area contributed by atoms with Crippen molar-refractivity contribution in [2.24, 2.45) is 0 Å². The lowest BCUT2D eigenvalue weighted by molar-refractivity contribution is 0.266. The minimum atomic E-state index is -0.715. The monoisotopic (exact) mass is 241 g/mol. The first-order valence-electron chi connectivity index (χ1n) is 5.75. The number of para-hydroxylation sites is 1. The highest BCUT2D eigenvalue weighted by atomic mass is 19.1. The summed E-state index contributed by atoms with van der Waals surface area (Å²) in [6.07, 6.45) is 1.15. The van der Waals surface area contributed by atoms with E-state index in [0.29, 0.717) is 0 Å². The molecule has 2 N–H and O–H groups in total. The number of halogens is 1. The van der Waals surface area contributed by atoms with Crippen LogP contribution >= 0.6 is 0 Å². The quantitative estimate of drug-likeness (QED) is 0.804. The lowest BCUT2D eigenvalue weighted by atomic mass is 10.0. The average Bonchev–Trinajstić information content (AvgIpc) is 2.69. The first-order valence-corrected chi connectivity index (χ1v) is 5.75. The zero-order valence-electron chi connectivity index (χ0n) is 9.60. The minimum absolute atomic E-state index is 0.261. The van der Waals surface area contributed by atoms with E-state index < -0.39 is 6.23 Å². The molecule has 18 heavy (non-hydrogen) atoms. The van der Waals surface area contributed by atoms with Crippen LogP contribution in [0.5, 0.6) is 0 Å². The lowest BCUT2D eigenvalue weighted by Gasteiger charge is -2.05. The second-order valence-electron chi connectivity index (χ2n) is 4.24. The third-order valence-electron chi connectivity index (χ3n) is 3.02. The van der Waals surface area contributed by atoms with Crippen LogP contribution in [-0.2, 0) is 0 Å². The van der Waals surface area contributed by atoms with Crippen LogP contribution in [0, 0.1) is 5.82 Å². The Kier molecular flexibility index (Phi) is 2.61. The van der Waals surface area contributed by atoms with Crippen LogP contribution < -0.4 is 5.32 Å². The maximum absolute atomic E-state index is 12.8. The van der Waals surface area contributed by atoms with E-state index in [1.54, 1.807) is 12.1 Å². The molecule has 2 nitrogen and oxygen atoms in total. The summed E-state index contributed by atoms with van der Waals surface area (Å²) in [6, 6.07) is 13.9. The Balaban J connectivity index is 2.04. The van der Waals surface area contributed by atoms with Crippen LogP contribution in [0.3, 0.4) is 0 Å². The van der Waals surface area contributed by atoms with E-state index in [4.69, 9.17) is 0 Å². The highest BCUT2D eigenvalue weighted by molar-refractivity contribution is 5.93. The second kappa shape index (κ2) is 4.27. The summed E-state index contributed by atoms with van der Waals surface area (Å²) in [5.74, 6) is -0.261. The predicted molar refractivity (Wildman–Crippen MR) is 70.3 cm³/mol. The molecule has 3 rings (SSSR count). The number of benzene rings is 2. The Bertz CT molecular complexity index is 604. The third-order valence-corrected chi connectivity index (χ3v) is 3.02. The van der Waals surface area contributed by atoms with Crippen molar-refractivity contribution in [2.45, 2.75) is 6.23 Å². The molecule has 0 spiro atoms. The highest BCUT2D eigenvalue weighted by Gasteiger charge is 2.23. The van der Waals surface area contributed by atoms with Crippen molar-refractivity contribution in [1.82, 2.24) is 0 Å². The fourth-order valence-electron chi connectivity index (χ4n) is 2.13. The molecule has 1 unspecified atom stereocenters. The number of nitrogens with one attached hydrogen (secondary N) is 1. The molecular formula is C15H12FNO. The normalized spacial score (nSPS) is 19.7. The molecule has 2 aromatic rings. The second-order valence-corrected chi connectivity index (χ2v) is 4.24. The van der Waals surface area contributed by atoms with Crippen molar-refractivity contribution in [3.05, 3.63) is 65.5 Å². The summed E-state index contributed by atoms with van der Waals surface area (Å²) in [4.78, 5) is 0. The van der Waals surface area contributed by atoms with Gasteiger partial charge in [0.2, 0.25) is 0 Å². The number of anilines is 1. The van der Waals surface area contributed by atoms with Gasteiger partial charge in [0.25, 0.3) is 0 Å². The van der Waals surface area contributed by atoms with Gasteiger partial charge in [-0.2, -0.15) is 0 Å². The van der Waals surface area contributed by atoms with Crippen molar-refractivity contribution in [3.63, 3.8) is 0 Å². The van der Waals surface area contributed by atoms with E-state index in [0.717, 1.165) is 22.4 Å². The van der Waals surface area contributed by atoms with Crippen molar-refractivity contribution >= 4 is 17.3 Å². The molecule has 0 bridgehead atoms. The van der Waals surface area contributed by atoms with Gasteiger partial charge in [-0.15, -0.1) is 0 Å². The molecule has 1 aliphatic heterocycles. The highest BCUT2D eigenvalue weighted by Crippen LogP contribution is 2.34. The summed E-state index contributed by atoms with van der Waals surface area (Å²) in [7, 11) is 0. The Morgan fingerprint density at radius 2 is 1.78 bits per heavy atom. The third kappa shape index (κ3) is 1.89. The molecule has 1 heterocycles. The number of aliphatic hydroxyl groups excluding tert-OH is 1. The van der Waals surface area contributed by atoms with Crippen LogP contribution in [0.25, 0.3) is 11.6 Å². The van der Waals surface area contributed by atoms with Crippen molar-refractivity contribution in [1.29, 1.82) is 0 Å². The van der Waals surface area contributed by atoms with Crippen LogP contribution in [-0.4, -0.2) is 11.3 Å². The van der Waals surface area contributed by atoms with Gasteiger partial charge in [-0.05, 0) is 29.8 Å². The molecule has 90 valence electrons. The topological polar surface area (TPSA) is 32.3 Å². The zero-order chi connectivity index (χ0) is 12.5. The number of fused-ring (bicyclic) bond motifs is 1. The fourth-order valence-corrected chi connectivity index (χ4v) is 2.13. The molecule has 2 aromatic carbocycles. The molecular weight excluding hydrogens is 229 g/mol. The van der Waals surface area contributed by atoms with Gasteiger partial charge in [-0.3, -0.25) is 0 Å². The van der Waals surface area contributed by atoms with Crippen molar-refractivity contribution in [3.8, 4) is 0 Å². The van der Waals surface area contributed by atoms with Gasteiger partial charge >= 0.3 is 0 Å². The Hall–Kier alpha value is -2.13. The van der Waals surface area contributed by atoms with Gasteiger partial charge in [-0.25, -0.2) is 4.39 Å². The number of rotatable bonds is 1. The maximum atomic E-state index is 12.8. The molecule has 0 aromatic heterocycles. The van der Waals surface area contributed by atoms with Gasteiger partial charge in [0.05, 0.1) is 0 Å². The molecule has 1 atom stereocenters. The number of aliphatic hydroxyl groups is 1. The lowest BCUT2D eigenvalue weighted by Crippen LogP contribution is -2.12. The van der Waals surface area contributed by atoms with Crippen LogP contribution in [0.4, 0.5) is 10.1 Å². The molecule has 1 aliphatic rings. The molecule has 0 amide bonds. The summed E-state index contributed by atoms with van der Waals surface area (Å²) in [6.45, 7) is 0. The number of hydrogen-bond acceptors (Lipinski definition) is 2. The first-order chi connectivity index (χ1) is 8.74. The molecule has 0 saturated heterocycles. The van der Waals surface area contributed by atoms with Gasteiger partial charge in [0.15, 0.2) is 6.23 Å². The van der Waals surface area contributed by atoms with Crippen LogP contribution in [0.2, 0.25) is 0 Å². The van der Waals surface area contributed by atoms with E-state index >= 15 is 0 Å². The molecule has 0 saturated carbocycles. The fraction of sp³-hybridized carbons (Fsp3) is 0.0667. The van der Waals surface area contributed by atoms with Gasteiger partial charge in [0, 0.05) is 16.8 Å². The number of hydrogen-bond donors (Lipinski definition) is 2. The van der Waals surface area contributed by atoms with Gasteiger partial charge in [0.1, 0.15) is 5.82 Å². The van der Waals surface area contributed by atoms with Gasteiger partial charge in [-0.1, -0.05) is 30.3 Å². The van der Waals surface area contributed by atoms with Crippen LogP contribution in [0.1, 0.15) is 11.1 Å². The van der Waals surface area contributed by atoms with E-state index in [1.807, 2.05) is 30.3 Å². The van der Waals surface area contributed by atoms with Gasteiger partial charge < -0.3 is 10.4 Å². The Labute approximate surface area is 104 Å². The average molecular weight is 241 g/mol.